The predicted molar refractivity (Wildman–Crippen MR) is 83.3 cm³/mol. The van der Waals surface area contributed by atoms with E-state index in [4.69, 9.17) is 0 Å². The summed E-state index contributed by atoms with van der Waals surface area (Å²) in [5.74, 6) is 0.741. The summed E-state index contributed by atoms with van der Waals surface area (Å²) in [6.45, 7) is 6.66. The van der Waals surface area contributed by atoms with Crippen LogP contribution in [0.1, 0.15) is 57.1 Å². The Bertz CT molecular complexity index is 453. The van der Waals surface area contributed by atoms with Crippen LogP contribution in [0.5, 0.6) is 0 Å². The molecule has 1 fully saturated rings. The number of nitriles is 1. The van der Waals surface area contributed by atoms with Gasteiger partial charge in [-0.2, -0.15) is 5.26 Å². The fourth-order valence-electron chi connectivity index (χ4n) is 3.07. The molecular weight excluding hydrogens is 244 g/mol. The van der Waals surface area contributed by atoms with Crippen LogP contribution in [0.2, 0.25) is 0 Å². The van der Waals surface area contributed by atoms with Gasteiger partial charge in [0.2, 0.25) is 0 Å². The Hall–Kier alpha value is -1.33. The molecule has 2 rings (SSSR count). The highest BCUT2D eigenvalue weighted by Gasteiger charge is 2.23. The van der Waals surface area contributed by atoms with Gasteiger partial charge in [-0.1, -0.05) is 44.9 Å². The first-order valence-electron chi connectivity index (χ1n) is 7.92. The third-order valence-corrected chi connectivity index (χ3v) is 4.35. The molecule has 0 bridgehead atoms. The Kier molecular flexibility index (Phi) is 5.61. The Morgan fingerprint density at radius 2 is 1.95 bits per heavy atom. The van der Waals surface area contributed by atoms with E-state index in [0.29, 0.717) is 0 Å². The molecule has 0 amide bonds. The molecular formula is C18H26N2. The van der Waals surface area contributed by atoms with Crippen molar-refractivity contribution in [3.05, 3.63) is 35.4 Å². The molecule has 2 heteroatoms. The lowest BCUT2D eigenvalue weighted by Crippen LogP contribution is -2.34. The Morgan fingerprint density at radius 1 is 1.25 bits per heavy atom. The summed E-state index contributed by atoms with van der Waals surface area (Å²) < 4.78 is 0. The Balaban J connectivity index is 2.08. The van der Waals surface area contributed by atoms with Crippen molar-refractivity contribution in [2.45, 2.75) is 58.5 Å². The van der Waals surface area contributed by atoms with Crippen LogP contribution in [0.25, 0.3) is 0 Å². The van der Waals surface area contributed by atoms with Crippen LogP contribution in [-0.4, -0.2) is 17.5 Å². The average Bonchev–Trinajstić information content (AvgIpc) is 2.97. The molecule has 0 radical (unpaired) electrons. The zero-order valence-corrected chi connectivity index (χ0v) is 12.8. The normalized spacial score (nSPS) is 15.9. The fraction of sp³-hybridized carbons (Fsp3) is 0.611. The van der Waals surface area contributed by atoms with Crippen LogP contribution >= 0.6 is 0 Å². The molecule has 108 valence electrons. The maximum Gasteiger partial charge on any atom is 0.0995 e. The van der Waals surface area contributed by atoms with Crippen LogP contribution in [0.3, 0.4) is 0 Å². The molecule has 2 nitrogen and oxygen atoms in total. The molecule has 0 atom stereocenters. The first kappa shape index (κ1) is 15.1. The van der Waals surface area contributed by atoms with E-state index in [2.05, 4.69) is 30.9 Å². The molecule has 0 heterocycles. The summed E-state index contributed by atoms with van der Waals surface area (Å²) in [5, 5.41) is 9.25. The van der Waals surface area contributed by atoms with Crippen LogP contribution in [-0.2, 0) is 6.54 Å². The molecule has 1 saturated carbocycles. The van der Waals surface area contributed by atoms with Crippen molar-refractivity contribution in [2.24, 2.45) is 5.92 Å². The van der Waals surface area contributed by atoms with Crippen molar-refractivity contribution in [3.63, 3.8) is 0 Å². The SMILES string of the molecule is CC(C)CCN(Cc1ccccc1C#N)C1CCCC1. The first-order valence-corrected chi connectivity index (χ1v) is 7.92. The largest absolute Gasteiger partial charge is 0.296 e. The minimum absolute atomic E-state index is 0.723. The van der Waals surface area contributed by atoms with Gasteiger partial charge in [0, 0.05) is 12.6 Å². The Morgan fingerprint density at radius 3 is 2.60 bits per heavy atom. The second kappa shape index (κ2) is 7.45. The number of hydrogen-bond donors (Lipinski definition) is 0. The third-order valence-electron chi connectivity index (χ3n) is 4.35. The molecule has 0 N–H and O–H groups in total. The molecule has 1 aliphatic rings. The average molecular weight is 270 g/mol. The minimum atomic E-state index is 0.723. The lowest BCUT2D eigenvalue weighted by Gasteiger charge is -2.30. The van der Waals surface area contributed by atoms with E-state index >= 15 is 0 Å². The van der Waals surface area contributed by atoms with E-state index in [0.717, 1.165) is 30.6 Å². The minimum Gasteiger partial charge on any atom is -0.296 e. The van der Waals surface area contributed by atoms with Crippen molar-refractivity contribution < 1.29 is 0 Å². The third kappa shape index (κ3) is 4.08. The van der Waals surface area contributed by atoms with Crippen LogP contribution in [0, 0.1) is 17.2 Å². The van der Waals surface area contributed by atoms with Gasteiger partial charge in [-0.05, 0) is 43.4 Å². The summed E-state index contributed by atoms with van der Waals surface area (Å²) >= 11 is 0. The van der Waals surface area contributed by atoms with E-state index in [1.54, 1.807) is 0 Å². The summed E-state index contributed by atoms with van der Waals surface area (Å²) in [6, 6.07) is 11.1. The number of hydrogen-bond acceptors (Lipinski definition) is 2. The number of benzene rings is 1. The standard InChI is InChI=1S/C18H26N2/c1-15(2)11-12-20(18-9-5-6-10-18)14-17-8-4-3-7-16(17)13-19/h3-4,7-8,15,18H,5-6,9-12,14H2,1-2H3. The van der Waals surface area contributed by atoms with Gasteiger partial charge in [-0.15, -0.1) is 0 Å². The quantitative estimate of drug-likeness (QED) is 0.768. The van der Waals surface area contributed by atoms with Crippen molar-refractivity contribution in [3.8, 4) is 6.07 Å². The lowest BCUT2D eigenvalue weighted by atomic mass is 10.0. The van der Waals surface area contributed by atoms with E-state index in [1.165, 1.54) is 37.7 Å². The number of rotatable bonds is 6. The molecule has 0 unspecified atom stereocenters. The first-order chi connectivity index (χ1) is 9.70. The van der Waals surface area contributed by atoms with Gasteiger partial charge in [0.05, 0.1) is 11.6 Å². The highest BCUT2D eigenvalue weighted by atomic mass is 15.2. The highest BCUT2D eigenvalue weighted by Crippen LogP contribution is 2.26. The maximum absolute atomic E-state index is 9.25. The van der Waals surface area contributed by atoms with Gasteiger partial charge in [-0.3, -0.25) is 4.90 Å². The molecule has 1 aliphatic carbocycles. The molecule has 0 aromatic heterocycles. The second-order valence-corrected chi connectivity index (χ2v) is 6.36. The topological polar surface area (TPSA) is 27.0 Å². The van der Waals surface area contributed by atoms with Gasteiger partial charge in [0.25, 0.3) is 0 Å². The molecule has 0 saturated heterocycles. The fourth-order valence-corrected chi connectivity index (χ4v) is 3.07. The second-order valence-electron chi connectivity index (χ2n) is 6.36. The highest BCUT2D eigenvalue weighted by molar-refractivity contribution is 5.37. The van der Waals surface area contributed by atoms with Gasteiger partial charge in [0.15, 0.2) is 0 Å². The van der Waals surface area contributed by atoms with Gasteiger partial charge in [-0.25, -0.2) is 0 Å². The smallest absolute Gasteiger partial charge is 0.0995 e. The Labute approximate surface area is 123 Å². The van der Waals surface area contributed by atoms with Crippen molar-refractivity contribution in [2.75, 3.05) is 6.54 Å². The molecule has 0 aliphatic heterocycles. The predicted octanol–water partition coefficient (Wildman–Crippen LogP) is 4.35. The lowest BCUT2D eigenvalue weighted by molar-refractivity contribution is 0.179. The molecule has 1 aromatic carbocycles. The monoisotopic (exact) mass is 270 g/mol. The molecule has 1 aromatic rings. The summed E-state index contributed by atoms with van der Waals surface area (Å²) in [6.07, 6.45) is 6.62. The van der Waals surface area contributed by atoms with Crippen LogP contribution in [0.15, 0.2) is 24.3 Å². The molecule has 0 spiro atoms. The maximum atomic E-state index is 9.25. The van der Waals surface area contributed by atoms with E-state index < -0.39 is 0 Å². The van der Waals surface area contributed by atoms with Crippen molar-refractivity contribution >= 4 is 0 Å². The van der Waals surface area contributed by atoms with E-state index in [1.807, 2.05) is 18.2 Å². The van der Waals surface area contributed by atoms with Crippen LogP contribution < -0.4 is 0 Å². The zero-order valence-electron chi connectivity index (χ0n) is 12.8. The summed E-state index contributed by atoms with van der Waals surface area (Å²) in [4.78, 5) is 2.61. The zero-order chi connectivity index (χ0) is 14.4. The van der Waals surface area contributed by atoms with Gasteiger partial charge in [0.1, 0.15) is 0 Å². The van der Waals surface area contributed by atoms with Gasteiger partial charge < -0.3 is 0 Å². The summed E-state index contributed by atoms with van der Waals surface area (Å²) in [5.41, 5.74) is 2.02. The van der Waals surface area contributed by atoms with Gasteiger partial charge >= 0.3 is 0 Å². The van der Waals surface area contributed by atoms with E-state index in [9.17, 15) is 5.26 Å². The number of nitrogens with zero attached hydrogens (tertiary/aromatic N) is 2. The van der Waals surface area contributed by atoms with E-state index in [-0.39, 0.29) is 0 Å². The van der Waals surface area contributed by atoms with Crippen molar-refractivity contribution in [1.82, 2.24) is 4.90 Å². The summed E-state index contributed by atoms with van der Waals surface area (Å²) in [7, 11) is 0. The van der Waals surface area contributed by atoms with Crippen LogP contribution in [0.4, 0.5) is 0 Å². The van der Waals surface area contributed by atoms with Crippen molar-refractivity contribution in [1.29, 1.82) is 5.26 Å². The molecule has 20 heavy (non-hydrogen) atoms.